The predicted octanol–water partition coefficient (Wildman–Crippen LogP) is 0.880. The number of aryl methyl sites for hydroxylation is 2. The summed E-state index contributed by atoms with van der Waals surface area (Å²) in [6.07, 6.45) is 1.10. The minimum Gasteiger partial charge on any atom is -0.349 e. The second-order valence-electron chi connectivity index (χ2n) is 3.80. The first kappa shape index (κ1) is 15.9. The Labute approximate surface area is 108 Å². The number of hydrogen-bond donors (Lipinski definition) is 2. The van der Waals surface area contributed by atoms with Crippen LogP contribution in [0, 0.1) is 6.92 Å². The quantitative estimate of drug-likeness (QED) is 0.747. The second-order valence-corrected chi connectivity index (χ2v) is 3.80. The van der Waals surface area contributed by atoms with Crippen molar-refractivity contribution in [2.45, 2.75) is 20.3 Å². The number of carbonyl (C=O) groups is 1. The largest absolute Gasteiger partial charge is 0.349 e. The van der Waals surface area contributed by atoms with E-state index in [1.807, 2.05) is 14.0 Å². The summed E-state index contributed by atoms with van der Waals surface area (Å²) in [5, 5.41) is 10.1. The maximum absolute atomic E-state index is 11.6. The Morgan fingerprint density at radius 1 is 1.41 bits per heavy atom. The average Bonchev–Trinajstić information content (AvgIpc) is 2.59. The normalized spacial score (nSPS) is 9.82. The van der Waals surface area contributed by atoms with E-state index in [9.17, 15) is 4.79 Å². The Hall–Kier alpha value is -1.07. The number of halogens is 1. The van der Waals surface area contributed by atoms with Gasteiger partial charge in [0.05, 0.1) is 0 Å². The van der Waals surface area contributed by atoms with Crippen LogP contribution in [0.25, 0.3) is 0 Å². The molecule has 0 saturated carbocycles. The van der Waals surface area contributed by atoms with Crippen molar-refractivity contribution in [2.24, 2.45) is 7.05 Å². The zero-order valence-corrected chi connectivity index (χ0v) is 11.4. The number of rotatable bonds is 6. The molecule has 1 heterocycles. The van der Waals surface area contributed by atoms with E-state index in [4.69, 9.17) is 0 Å². The van der Waals surface area contributed by atoms with Crippen molar-refractivity contribution in [3.05, 3.63) is 17.5 Å². The van der Waals surface area contributed by atoms with Gasteiger partial charge in [-0.3, -0.25) is 9.48 Å². The molecule has 0 radical (unpaired) electrons. The fourth-order valence-corrected chi connectivity index (χ4v) is 1.33. The fraction of sp³-hybridized carbons (Fsp3) is 0.636. The first-order chi connectivity index (χ1) is 7.65. The van der Waals surface area contributed by atoms with Crippen molar-refractivity contribution in [1.82, 2.24) is 20.4 Å². The molecule has 2 N–H and O–H groups in total. The summed E-state index contributed by atoms with van der Waals surface area (Å²) in [6.45, 7) is 6.45. The van der Waals surface area contributed by atoms with Gasteiger partial charge in [-0.15, -0.1) is 12.4 Å². The highest BCUT2D eigenvalue weighted by atomic mass is 35.5. The summed E-state index contributed by atoms with van der Waals surface area (Å²) in [5.74, 6) is -0.109. The van der Waals surface area contributed by atoms with Gasteiger partial charge in [0.25, 0.3) is 5.91 Å². The van der Waals surface area contributed by atoms with Gasteiger partial charge in [0.2, 0.25) is 0 Å². The highest BCUT2D eigenvalue weighted by molar-refractivity contribution is 5.92. The smallest absolute Gasteiger partial charge is 0.271 e. The van der Waals surface area contributed by atoms with Gasteiger partial charge in [-0.2, -0.15) is 5.10 Å². The van der Waals surface area contributed by atoms with E-state index in [0.29, 0.717) is 12.2 Å². The number of carbonyl (C=O) groups excluding carboxylic acids is 1. The van der Waals surface area contributed by atoms with Gasteiger partial charge in [0.1, 0.15) is 5.69 Å². The van der Waals surface area contributed by atoms with Crippen LogP contribution < -0.4 is 10.6 Å². The van der Waals surface area contributed by atoms with Crippen LogP contribution in [-0.4, -0.2) is 35.3 Å². The number of nitrogens with zero attached hydrogens (tertiary/aromatic N) is 2. The zero-order valence-electron chi connectivity index (χ0n) is 10.6. The van der Waals surface area contributed by atoms with Crippen LogP contribution in [0.1, 0.15) is 29.5 Å². The minimum atomic E-state index is -0.109. The van der Waals surface area contributed by atoms with Crippen LogP contribution in [-0.2, 0) is 7.05 Å². The maximum Gasteiger partial charge on any atom is 0.271 e. The van der Waals surface area contributed by atoms with Gasteiger partial charge in [0.15, 0.2) is 0 Å². The van der Waals surface area contributed by atoms with E-state index < -0.39 is 0 Å². The highest BCUT2D eigenvalue weighted by Gasteiger charge is 2.09. The highest BCUT2D eigenvalue weighted by Crippen LogP contribution is 2.00. The summed E-state index contributed by atoms with van der Waals surface area (Å²) < 4.78 is 1.70. The third-order valence-corrected chi connectivity index (χ3v) is 2.36. The number of nitrogens with one attached hydrogen (secondary N) is 2. The average molecular weight is 261 g/mol. The van der Waals surface area contributed by atoms with Gasteiger partial charge in [-0.25, -0.2) is 0 Å². The lowest BCUT2D eigenvalue weighted by Crippen LogP contribution is -2.32. The topological polar surface area (TPSA) is 58.9 Å². The van der Waals surface area contributed by atoms with Crippen molar-refractivity contribution < 1.29 is 4.79 Å². The Bertz CT molecular complexity index is 332. The van der Waals surface area contributed by atoms with Gasteiger partial charge in [-0.05, 0) is 26.0 Å². The summed E-state index contributed by atoms with van der Waals surface area (Å²) in [4.78, 5) is 11.6. The van der Waals surface area contributed by atoms with E-state index in [1.54, 1.807) is 10.7 Å². The number of amides is 1. The summed E-state index contributed by atoms with van der Waals surface area (Å²) in [7, 11) is 1.83. The molecule has 0 bridgehead atoms. The molecule has 1 amide bonds. The first-order valence-corrected chi connectivity index (χ1v) is 5.64. The van der Waals surface area contributed by atoms with Crippen LogP contribution in [0.2, 0.25) is 0 Å². The van der Waals surface area contributed by atoms with Crippen molar-refractivity contribution >= 4 is 18.3 Å². The van der Waals surface area contributed by atoms with Crippen LogP contribution >= 0.6 is 12.4 Å². The molecule has 17 heavy (non-hydrogen) atoms. The molecule has 0 spiro atoms. The van der Waals surface area contributed by atoms with Gasteiger partial charge >= 0.3 is 0 Å². The molecule has 0 unspecified atom stereocenters. The molecule has 98 valence electrons. The lowest BCUT2D eigenvalue weighted by atomic mass is 10.3. The summed E-state index contributed by atoms with van der Waals surface area (Å²) >= 11 is 0. The Morgan fingerprint density at radius 2 is 2.12 bits per heavy atom. The minimum absolute atomic E-state index is 0. The SMILES string of the molecule is CCCNCCNC(=O)c1cc(C)n(C)n1.Cl. The molecule has 6 heteroatoms. The lowest BCUT2D eigenvalue weighted by molar-refractivity contribution is 0.0948. The fourth-order valence-electron chi connectivity index (χ4n) is 1.33. The van der Waals surface area contributed by atoms with Gasteiger partial charge in [-0.1, -0.05) is 6.92 Å². The molecule has 0 saturated heterocycles. The third kappa shape index (κ3) is 5.19. The Morgan fingerprint density at radius 3 is 2.65 bits per heavy atom. The molecule has 0 aromatic carbocycles. The Balaban J connectivity index is 0.00000256. The van der Waals surface area contributed by atoms with Crippen molar-refractivity contribution in [1.29, 1.82) is 0 Å². The zero-order chi connectivity index (χ0) is 12.0. The molecular weight excluding hydrogens is 240 g/mol. The van der Waals surface area contributed by atoms with Gasteiger partial charge < -0.3 is 10.6 Å². The lowest BCUT2D eigenvalue weighted by Gasteiger charge is -2.03. The van der Waals surface area contributed by atoms with Crippen molar-refractivity contribution in [2.75, 3.05) is 19.6 Å². The summed E-state index contributed by atoms with van der Waals surface area (Å²) in [5.41, 5.74) is 1.46. The summed E-state index contributed by atoms with van der Waals surface area (Å²) in [6, 6.07) is 1.79. The molecule has 0 fully saturated rings. The molecule has 1 rings (SSSR count). The van der Waals surface area contributed by atoms with E-state index in [2.05, 4.69) is 22.7 Å². The molecule has 0 aliphatic heterocycles. The third-order valence-electron chi connectivity index (χ3n) is 2.36. The molecule has 0 aliphatic rings. The van der Waals surface area contributed by atoms with Crippen molar-refractivity contribution in [3.8, 4) is 0 Å². The van der Waals surface area contributed by atoms with Crippen molar-refractivity contribution in [3.63, 3.8) is 0 Å². The van der Waals surface area contributed by atoms with Crippen LogP contribution in [0.4, 0.5) is 0 Å². The van der Waals surface area contributed by atoms with E-state index in [1.165, 1.54) is 0 Å². The number of hydrogen-bond acceptors (Lipinski definition) is 3. The molecule has 0 atom stereocenters. The van der Waals surface area contributed by atoms with E-state index in [0.717, 1.165) is 25.2 Å². The molecular formula is C11H21ClN4O. The van der Waals surface area contributed by atoms with E-state index >= 15 is 0 Å². The monoisotopic (exact) mass is 260 g/mol. The maximum atomic E-state index is 11.6. The van der Waals surface area contributed by atoms with Crippen LogP contribution in [0.15, 0.2) is 6.07 Å². The predicted molar refractivity (Wildman–Crippen MR) is 70.7 cm³/mol. The van der Waals surface area contributed by atoms with Gasteiger partial charge in [0, 0.05) is 25.8 Å². The van der Waals surface area contributed by atoms with Crippen LogP contribution in [0.3, 0.4) is 0 Å². The Kier molecular flexibility index (Phi) is 7.58. The molecule has 1 aromatic rings. The van der Waals surface area contributed by atoms with Crippen LogP contribution in [0.5, 0.6) is 0 Å². The number of aromatic nitrogens is 2. The molecule has 1 aromatic heterocycles. The molecule has 5 nitrogen and oxygen atoms in total. The van der Waals surface area contributed by atoms with E-state index in [-0.39, 0.29) is 18.3 Å². The first-order valence-electron chi connectivity index (χ1n) is 5.64. The molecule has 0 aliphatic carbocycles. The second kappa shape index (κ2) is 8.08. The standard InChI is InChI=1S/C11H20N4O.ClH/c1-4-5-12-6-7-13-11(16)10-8-9(2)15(3)14-10;/h8,12H,4-7H2,1-3H3,(H,13,16);1H.